The van der Waals surface area contributed by atoms with E-state index in [1.54, 1.807) is 7.11 Å². The Morgan fingerprint density at radius 2 is 1.88 bits per heavy atom. The fraction of sp³-hybridized carbons (Fsp3) is 0.400. The van der Waals surface area contributed by atoms with E-state index in [1.807, 2.05) is 12.1 Å². The highest BCUT2D eigenvalue weighted by Gasteiger charge is 2.11. The van der Waals surface area contributed by atoms with E-state index in [0.29, 0.717) is 6.61 Å². The van der Waals surface area contributed by atoms with E-state index in [0.717, 1.165) is 42.3 Å². The van der Waals surface area contributed by atoms with Gasteiger partial charge in [0.05, 0.1) is 7.11 Å². The fourth-order valence-corrected chi connectivity index (χ4v) is 2.51. The molecule has 0 atom stereocenters. The van der Waals surface area contributed by atoms with Gasteiger partial charge < -0.3 is 19.7 Å². The highest BCUT2D eigenvalue weighted by molar-refractivity contribution is 5.46. The van der Waals surface area contributed by atoms with Crippen LogP contribution in [0.2, 0.25) is 0 Å². The minimum atomic E-state index is 0.534. The third-order valence-electron chi connectivity index (χ3n) is 3.80. The average Bonchev–Trinajstić information content (AvgIpc) is 2.57. The summed E-state index contributed by atoms with van der Waals surface area (Å²) in [5.41, 5.74) is 3.51. The van der Waals surface area contributed by atoms with Gasteiger partial charge in [0.25, 0.3) is 0 Å². The molecule has 0 aromatic heterocycles. The van der Waals surface area contributed by atoms with Crippen molar-refractivity contribution in [2.45, 2.75) is 20.1 Å². The van der Waals surface area contributed by atoms with Gasteiger partial charge in [-0.25, -0.2) is 0 Å². The Kier molecular flexibility index (Phi) is 7.09. The SMILES string of the molecule is COc1cccc(CNCCN(C)C)c1OCc1cccc(C)c1. The molecule has 0 amide bonds. The van der Waals surface area contributed by atoms with Crippen LogP contribution in [0.1, 0.15) is 16.7 Å². The van der Waals surface area contributed by atoms with Gasteiger partial charge in [0.1, 0.15) is 6.61 Å². The molecule has 1 N–H and O–H groups in total. The van der Waals surface area contributed by atoms with Crippen molar-refractivity contribution in [1.82, 2.24) is 10.2 Å². The number of benzene rings is 2. The molecule has 2 aromatic carbocycles. The van der Waals surface area contributed by atoms with E-state index < -0.39 is 0 Å². The lowest BCUT2D eigenvalue weighted by Gasteiger charge is -2.16. The molecule has 0 radical (unpaired) electrons. The minimum Gasteiger partial charge on any atom is -0.493 e. The molecule has 0 aliphatic carbocycles. The Hall–Kier alpha value is -2.04. The highest BCUT2D eigenvalue weighted by Crippen LogP contribution is 2.31. The van der Waals surface area contributed by atoms with Crippen LogP contribution in [0.25, 0.3) is 0 Å². The van der Waals surface area contributed by atoms with Gasteiger partial charge >= 0.3 is 0 Å². The molecule has 4 nitrogen and oxygen atoms in total. The molecule has 0 aliphatic heterocycles. The van der Waals surface area contributed by atoms with Crippen molar-refractivity contribution in [3.8, 4) is 11.5 Å². The second-order valence-electron chi connectivity index (χ2n) is 6.21. The summed E-state index contributed by atoms with van der Waals surface area (Å²) >= 11 is 0. The van der Waals surface area contributed by atoms with Crippen LogP contribution in [0.3, 0.4) is 0 Å². The molecule has 24 heavy (non-hydrogen) atoms. The van der Waals surface area contributed by atoms with E-state index >= 15 is 0 Å². The molecule has 2 aromatic rings. The Bertz CT molecular complexity index is 641. The number of para-hydroxylation sites is 1. The lowest BCUT2D eigenvalue weighted by Crippen LogP contribution is -2.26. The average molecular weight is 328 g/mol. The second kappa shape index (κ2) is 9.30. The second-order valence-corrected chi connectivity index (χ2v) is 6.21. The summed E-state index contributed by atoms with van der Waals surface area (Å²) < 4.78 is 11.6. The van der Waals surface area contributed by atoms with Gasteiger partial charge in [-0.1, -0.05) is 42.0 Å². The molecule has 2 rings (SSSR count). The zero-order chi connectivity index (χ0) is 17.4. The van der Waals surface area contributed by atoms with Crippen molar-refractivity contribution in [2.75, 3.05) is 34.3 Å². The van der Waals surface area contributed by atoms with E-state index in [4.69, 9.17) is 9.47 Å². The molecular weight excluding hydrogens is 300 g/mol. The molecule has 0 saturated heterocycles. The molecule has 130 valence electrons. The first kappa shape index (κ1) is 18.3. The number of likely N-dealkylation sites (N-methyl/N-ethyl adjacent to an activating group) is 1. The number of hydrogen-bond donors (Lipinski definition) is 1. The molecule has 0 saturated carbocycles. The van der Waals surface area contributed by atoms with Crippen molar-refractivity contribution in [1.29, 1.82) is 0 Å². The van der Waals surface area contributed by atoms with Crippen LogP contribution in [-0.4, -0.2) is 39.2 Å². The first-order chi connectivity index (χ1) is 11.6. The number of hydrogen-bond acceptors (Lipinski definition) is 4. The summed E-state index contributed by atoms with van der Waals surface area (Å²) in [5.74, 6) is 1.59. The van der Waals surface area contributed by atoms with Crippen LogP contribution in [0.4, 0.5) is 0 Å². The molecule has 0 spiro atoms. The Labute approximate surface area is 145 Å². The summed E-state index contributed by atoms with van der Waals surface area (Å²) in [6, 6.07) is 14.4. The van der Waals surface area contributed by atoms with Gasteiger partial charge in [-0.15, -0.1) is 0 Å². The maximum absolute atomic E-state index is 6.10. The zero-order valence-electron chi connectivity index (χ0n) is 15.1. The van der Waals surface area contributed by atoms with Gasteiger partial charge in [-0.05, 0) is 32.6 Å². The van der Waals surface area contributed by atoms with Gasteiger partial charge in [0.2, 0.25) is 0 Å². The Morgan fingerprint density at radius 1 is 1.08 bits per heavy atom. The fourth-order valence-electron chi connectivity index (χ4n) is 2.51. The van der Waals surface area contributed by atoms with Crippen LogP contribution < -0.4 is 14.8 Å². The van der Waals surface area contributed by atoms with Crippen molar-refractivity contribution >= 4 is 0 Å². The first-order valence-corrected chi connectivity index (χ1v) is 8.30. The topological polar surface area (TPSA) is 33.7 Å². The lowest BCUT2D eigenvalue weighted by molar-refractivity contribution is 0.280. The quantitative estimate of drug-likeness (QED) is 0.717. The van der Waals surface area contributed by atoms with Crippen LogP contribution in [0.5, 0.6) is 11.5 Å². The van der Waals surface area contributed by atoms with E-state index in [1.165, 1.54) is 5.56 Å². The van der Waals surface area contributed by atoms with Gasteiger partial charge in [-0.2, -0.15) is 0 Å². The van der Waals surface area contributed by atoms with Crippen molar-refractivity contribution < 1.29 is 9.47 Å². The maximum Gasteiger partial charge on any atom is 0.166 e. The summed E-state index contributed by atoms with van der Waals surface area (Å²) in [6.45, 7) is 5.32. The molecule has 0 unspecified atom stereocenters. The van der Waals surface area contributed by atoms with Gasteiger partial charge in [-0.3, -0.25) is 0 Å². The Balaban J connectivity index is 2.05. The van der Waals surface area contributed by atoms with Crippen LogP contribution in [-0.2, 0) is 13.2 Å². The lowest BCUT2D eigenvalue weighted by atomic mass is 10.1. The summed E-state index contributed by atoms with van der Waals surface area (Å²) in [5, 5.41) is 3.45. The number of ether oxygens (including phenoxy) is 2. The van der Waals surface area contributed by atoms with Crippen LogP contribution in [0, 0.1) is 6.92 Å². The smallest absolute Gasteiger partial charge is 0.166 e. The predicted octanol–water partition coefficient (Wildman–Crippen LogP) is 3.23. The monoisotopic (exact) mass is 328 g/mol. The van der Waals surface area contributed by atoms with E-state index in [9.17, 15) is 0 Å². The van der Waals surface area contributed by atoms with Crippen molar-refractivity contribution in [3.63, 3.8) is 0 Å². The summed E-state index contributed by atoms with van der Waals surface area (Å²) in [6.07, 6.45) is 0. The normalized spacial score (nSPS) is 10.9. The van der Waals surface area contributed by atoms with E-state index in [2.05, 4.69) is 61.6 Å². The number of methoxy groups -OCH3 is 1. The van der Waals surface area contributed by atoms with Gasteiger partial charge in [0, 0.05) is 25.2 Å². The summed E-state index contributed by atoms with van der Waals surface area (Å²) in [7, 11) is 5.82. The minimum absolute atomic E-state index is 0.534. The maximum atomic E-state index is 6.10. The highest BCUT2D eigenvalue weighted by atomic mass is 16.5. The standard InChI is InChI=1S/C20H28N2O2/c1-16-7-5-8-17(13-16)15-24-20-18(9-6-10-19(20)23-4)14-21-11-12-22(2)3/h5-10,13,21H,11-12,14-15H2,1-4H3. The molecule has 0 bridgehead atoms. The van der Waals surface area contributed by atoms with E-state index in [-0.39, 0.29) is 0 Å². The number of aryl methyl sites for hydroxylation is 1. The third kappa shape index (κ3) is 5.55. The molecule has 4 heteroatoms. The van der Waals surface area contributed by atoms with Gasteiger partial charge in [0.15, 0.2) is 11.5 Å². The van der Waals surface area contributed by atoms with Crippen molar-refractivity contribution in [2.24, 2.45) is 0 Å². The first-order valence-electron chi connectivity index (χ1n) is 8.30. The predicted molar refractivity (Wildman–Crippen MR) is 98.8 cm³/mol. The molecule has 0 fully saturated rings. The van der Waals surface area contributed by atoms with Crippen molar-refractivity contribution in [3.05, 3.63) is 59.2 Å². The van der Waals surface area contributed by atoms with Crippen LogP contribution >= 0.6 is 0 Å². The summed E-state index contributed by atoms with van der Waals surface area (Å²) in [4.78, 5) is 2.16. The molecular formula is C20H28N2O2. The Morgan fingerprint density at radius 3 is 2.58 bits per heavy atom. The molecule has 0 aliphatic rings. The number of rotatable bonds is 9. The van der Waals surface area contributed by atoms with Crippen LogP contribution in [0.15, 0.2) is 42.5 Å². The largest absolute Gasteiger partial charge is 0.493 e. The third-order valence-corrected chi connectivity index (χ3v) is 3.80. The molecule has 0 heterocycles. The number of nitrogens with one attached hydrogen (secondary N) is 1. The zero-order valence-corrected chi connectivity index (χ0v) is 15.1. The number of nitrogens with zero attached hydrogens (tertiary/aromatic N) is 1.